The van der Waals surface area contributed by atoms with Crippen molar-refractivity contribution in [3.05, 3.63) is 65.9 Å². The normalized spacial score (nSPS) is 17.3. The maximum atomic E-state index is 12.4. The zero-order valence-corrected chi connectivity index (χ0v) is 12.3. The van der Waals surface area contributed by atoms with Crippen LogP contribution in [0.4, 0.5) is 5.69 Å². The van der Waals surface area contributed by atoms with E-state index < -0.39 is 6.04 Å². The minimum absolute atomic E-state index is 0.200. The van der Waals surface area contributed by atoms with Gasteiger partial charge in [0.1, 0.15) is 6.04 Å². The van der Waals surface area contributed by atoms with E-state index >= 15 is 0 Å². The number of H-pyrrole nitrogens is 1. The van der Waals surface area contributed by atoms with Gasteiger partial charge in [-0.2, -0.15) is 0 Å². The van der Waals surface area contributed by atoms with Crippen molar-refractivity contribution in [1.29, 1.82) is 0 Å². The summed E-state index contributed by atoms with van der Waals surface area (Å²) in [6.07, 6.45) is 2.33. The van der Waals surface area contributed by atoms with Crippen LogP contribution in [-0.4, -0.2) is 22.8 Å². The van der Waals surface area contributed by atoms with E-state index in [2.05, 4.69) is 15.6 Å². The number of rotatable bonds is 2. The van der Waals surface area contributed by atoms with Gasteiger partial charge in [-0.25, -0.2) is 0 Å². The molecule has 1 aliphatic rings. The van der Waals surface area contributed by atoms with Gasteiger partial charge in [-0.3, -0.25) is 9.59 Å². The monoisotopic (exact) mass is 305 g/mol. The molecule has 0 spiro atoms. The number of aromatic nitrogens is 1. The number of carbonyl (C=O) groups is 2. The van der Waals surface area contributed by atoms with Crippen LogP contribution in [0.25, 0.3) is 10.9 Å². The Kier molecular flexibility index (Phi) is 3.12. The SMILES string of the molecule is O=C1NC(Cc2c[nH]c3ccccc23)C(=O)Nc2ccccc21. The number of benzene rings is 2. The summed E-state index contributed by atoms with van der Waals surface area (Å²) in [4.78, 5) is 28.0. The molecule has 3 N–H and O–H groups in total. The van der Waals surface area contributed by atoms with Gasteiger partial charge in [0, 0.05) is 23.5 Å². The summed E-state index contributed by atoms with van der Waals surface area (Å²) in [6.45, 7) is 0. The number of hydrogen-bond donors (Lipinski definition) is 3. The quantitative estimate of drug-likeness (QED) is 0.680. The minimum atomic E-state index is -0.603. The highest BCUT2D eigenvalue weighted by Crippen LogP contribution is 2.22. The lowest BCUT2D eigenvalue weighted by atomic mass is 10.0. The van der Waals surface area contributed by atoms with Crippen molar-refractivity contribution in [3.63, 3.8) is 0 Å². The predicted molar refractivity (Wildman–Crippen MR) is 88.3 cm³/mol. The number of anilines is 1. The molecule has 1 unspecified atom stereocenters. The Morgan fingerprint density at radius 3 is 2.65 bits per heavy atom. The zero-order chi connectivity index (χ0) is 15.8. The molecule has 1 aliphatic heterocycles. The molecule has 0 saturated carbocycles. The maximum Gasteiger partial charge on any atom is 0.254 e. The summed E-state index contributed by atoms with van der Waals surface area (Å²) in [5, 5.41) is 6.72. The first-order valence-electron chi connectivity index (χ1n) is 7.48. The number of nitrogens with one attached hydrogen (secondary N) is 3. The van der Waals surface area contributed by atoms with Crippen LogP contribution in [0.1, 0.15) is 15.9 Å². The van der Waals surface area contributed by atoms with Crippen LogP contribution in [-0.2, 0) is 11.2 Å². The van der Waals surface area contributed by atoms with Gasteiger partial charge in [-0.15, -0.1) is 0 Å². The lowest BCUT2D eigenvalue weighted by Crippen LogP contribution is -2.42. The number of carbonyl (C=O) groups excluding carboxylic acids is 2. The molecule has 1 aromatic heterocycles. The standard InChI is InChI=1S/C18H15N3O2/c22-17-13-6-2-4-8-15(13)20-18(23)16(21-17)9-11-10-19-14-7-3-1-5-12(11)14/h1-8,10,16,19H,9H2,(H,20,23)(H,21,22). The van der Waals surface area contributed by atoms with E-state index in [0.717, 1.165) is 16.5 Å². The average molecular weight is 305 g/mol. The third-order valence-electron chi connectivity index (χ3n) is 4.15. The van der Waals surface area contributed by atoms with Gasteiger partial charge in [-0.1, -0.05) is 30.3 Å². The smallest absolute Gasteiger partial charge is 0.254 e. The van der Waals surface area contributed by atoms with Crippen molar-refractivity contribution in [2.45, 2.75) is 12.5 Å². The third-order valence-corrected chi connectivity index (χ3v) is 4.15. The van der Waals surface area contributed by atoms with Crippen molar-refractivity contribution >= 4 is 28.4 Å². The Hall–Kier alpha value is -3.08. The largest absolute Gasteiger partial charge is 0.361 e. The van der Waals surface area contributed by atoms with E-state index in [0.29, 0.717) is 17.7 Å². The Labute approximate surface area is 132 Å². The Bertz CT molecular complexity index is 913. The second-order valence-electron chi connectivity index (χ2n) is 5.62. The van der Waals surface area contributed by atoms with Gasteiger partial charge in [0.15, 0.2) is 0 Å². The summed E-state index contributed by atoms with van der Waals surface area (Å²) in [5.41, 5.74) is 3.07. The number of amides is 2. The summed E-state index contributed by atoms with van der Waals surface area (Å²) in [7, 11) is 0. The first-order chi connectivity index (χ1) is 11.2. The highest BCUT2D eigenvalue weighted by Gasteiger charge is 2.28. The Morgan fingerprint density at radius 2 is 1.74 bits per heavy atom. The number of hydrogen-bond acceptors (Lipinski definition) is 2. The molecule has 0 radical (unpaired) electrons. The highest BCUT2D eigenvalue weighted by molar-refractivity contribution is 6.10. The first-order valence-corrected chi connectivity index (χ1v) is 7.48. The lowest BCUT2D eigenvalue weighted by Gasteiger charge is -2.14. The Balaban J connectivity index is 1.65. The van der Waals surface area contributed by atoms with Gasteiger partial charge < -0.3 is 15.6 Å². The molecular formula is C18H15N3O2. The fraction of sp³-hybridized carbons (Fsp3) is 0.111. The van der Waals surface area contributed by atoms with E-state index in [1.165, 1.54) is 0 Å². The molecule has 5 heteroatoms. The van der Waals surface area contributed by atoms with Gasteiger partial charge in [0.25, 0.3) is 5.91 Å². The molecule has 2 aromatic carbocycles. The molecule has 4 rings (SSSR count). The Morgan fingerprint density at radius 1 is 0.957 bits per heavy atom. The van der Waals surface area contributed by atoms with Crippen LogP contribution >= 0.6 is 0 Å². The van der Waals surface area contributed by atoms with Crippen molar-refractivity contribution in [2.24, 2.45) is 0 Å². The van der Waals surface area contributed by atoms with Crippen molar-refractivity contribution in [3.8, 4) is 0 Å². The molecule has 0 fully saturated rings. The van der Waals surface area contributed by atoms with Crippen LogP contribution in [0, 0.1) is 0 Å². The average Bonchev–Trinajstić information content (AvgIpc) is 2.92. The second-order valence-corrected chi connectivity index (χ2v) is 5.62. The maximum absolute atomic E-state index is 12.4. The van der Waals surface area contributed by atoms with E-state index in [1.54, 1.807) is 24.3 Å². The minimum Gasteiger partial charge on any atom is -0.361 e. The third kappa shape index (κ3) is 2.36. The van der Waals surface area contributed by atoms with Gasteiger partial charge in [0.2, 0.25) is 5.91 Å². The van der Waals surface area contributed by atoms with E-state index in [-0.39, 0.29) is 11.8 Å². The van der Waals surface area contributed by atoms with Crippen LogP contribution < -0.4 is 10.6 Å². The molecule has 114 valence electrons. The van der Waals surface area contributed by atoms with Crippen LogP contribution in [0.15, 0.2) is 54.7 Å². The van der Waals surface area contributed by atoms with Crippen molar-refractivity contribution in [2.75, 3.05) is 5.32 Å². The fourth-order valence-corrected chi connectivity index (χ4v) is 2.98. The molecule has 1 atom stereocenters. The summed E-state index contributed by atoms with van der Waals surface area (Å²) >= 11 is 0. The van der Waals surface area contributed by atoms with Crippen LogP contribution in [0.5, 0.6) is 0 Å². The van der Waals surface area contributed by atoms with Crippen LogP contribution in [0.2, 0.25) is 0 Å². The summed E-state index contributed by atoms with van der Waals surface area (Å²) < 4.78 is 0. The molecule has 23 heavy (non-hydrogen) atoms. The molecule has 0 saturated heterocycles. The van der Waals surface area contributed by atoms with E-state index in [1.807, 2.05) is 30.5 Å². The molecular weight excluding hydrogens is 290 g/mol. The molecule has 0 bridgehead atoms. The molecule has 2 amide bonds. The molecule has 5 nitrogen and oxygen atoms in total. The van der Waals surface area contributed by atoms with Crippen molar-refractivity contribution in [1.82, 2.24) is 10.3 Å². The molecule has 0 aliphatic carbocycles. The number of para-hydroxylation sites is 2. The van der Waals surface area contributed by atoms with Crippen molar-refractivity contribution < 1.29 is 9.59 Å². The van der Waals surface area contributed by atoms with E-state index in [9.17, 15) is 9.59 Å². The van der Waals surface area contributed by atoms with Gasteiger partial charge in [-0.05, 0) is 23.8 Å². The summed E-state index contributed by atoms with van der Waals surface area (Å²) in [5.74, 6) is -0.433. The van der Waals surface area contributed by atoms with E-state index in [4.69, 9.17) is 0 Å². The molecule has 2 heterocycles. The van der Waals surface area contributed by atoms with Gasteiger partial charge >= 0.3 is 0 Å². The predicted octanol–water partition coefficient (Wildman–Crippen LogP) is 2.46. The number of fused-ring (bicyclic) bond motifs is 2. The second kappa shape index (κ2) is 5.28. The molecule has 3 aromatic rings. The highest BCUT2D eigenvalue weighted by atomic mass is 16.2. The van der Waals surface area contributed by atoms with Crippen LogP contribution in [0.3, 0.4) is 0 Å². The summed E-state index contributed by atoms with van der Waals surface area (Å²) in [6, 6.07) is 14.3. The lowest BCUT2D eigenvalue weighted by molar-refractivity contribution is -0.117. The zero-order valence-electron chi connectivity index (χ0n) is 12.3. The first kappa shape index (κ1) is 13.6. The van der Waals surface area contributed by atoms with Gasteiger partial charge in [0.05, 0.1) is 11.3 Å². The fourth-order valence-electron chi connectivity index (χ4n) is 2.98. The number of aromatic amines is 1. The topological polar surface area (TPSA) is 74.0 Å².